The van der Waals surface area contributed by atoms with Gasteiger partial charge in [-0.3, -0.25) is 4.90 Å². The van der Waals surface area contributed by atoms with Crippen molar-refractivity contribution in [1.82, 2.24) is 20.5 Å². The first kappa shape index (κ1) is 28.2. The standard InChI is InChI=1S/C31H41N5O3/c1-38-28-14-12-26(13-15-28)25-36(30-11-3-4-16-32-30)21-18-34-31(37)33-17-8-22-39-29-10-7-9-27(23-29)24-35-19-5-2-6-20-35/h3-4,7,9-16,23H,2,5-6,8,17-22,24-25H2,1H3,(H2,33,34,37). The Bertz CT molecular complexity index is 1120. The monoisotopic (exact) mass is 531 g/mol. The average molecular weight is 532 g/mol. The van der Waals surface area contributed by atoms with E-state index in [9.17, 15) is 4.79 Å². The minimum atomic E-state index is -0.177. The fourth-order valence-corrected chi connectivity index (χ4v) is 4.71. The van der Waals surface area contributed by atoms with Crippen molar-refractivity contribution in [1.29, 1.82) is 0 Å². The van der Waals surface area contributed by atoms with Gasteiger partial charge in [-0.25, -0.2) is 9.78 Å². The van der Waals surface area contributed by atoms with Crippen molar-refractivity contribution < 1.29 is 14.3 Å². The van der Waals surface area contributed by atoms with Gasteiger partial charge < -0.3 is 25.0 Å². The van der Waals surface area contributed by atoms with Gasteiger partial charge in [0.15, 0.2) is 0 Å². The van der Waals surface area contributed by atoms with E-state index in [-0.39, 0.29) is 6.03 Å². The number of carbonyl (C=O) groups is 1. The van der Waals surface area contributed by atoms with Gasteiger partial charge in [-0.15, -0.1) is 0 Å². The highest BCUT2D eigenvalue weighted by Crippen LogP contribution is 2.18. The van der Waals surface area contributed by atoms with Crippen LogP contribution in [0.5, 0.6) is 11.5 Å². The summed E-state index contributed by atoms with van der Waals surface area (Å²) in [5.74, 6) is 2.58. The summed E-state index contributed by atoms with van der Waals surface area (Å²) in [4.78, 5) is 21.5. The van der Waals surface area contributed by atoms with Crippen molar-refractivity contribution in [3.63, 3.8) is 0 Å². The molecule has 0 unspecified atom stereocenters. The zero-order chi connectivity index (χ0) is 27.1. The smallest absolute Gasteiger partial charge is 0.314 e. The van der Waals surface area contributed by atoms with Crippen LogP contribution in [0.15, 0.2) is 72.9 Å². The van der Waals surface area contributed by atoms with E-state index in [4.69, 9.17) is 9.47 Å². The van der Waals surface area contributed by atoms with Gasteiger partial charge in [0.2, 0.25) is 0 Å². The molecule has 0 saturated carbocycles. The lowest BCUT2D eigenvalue weighted by Gasteiger charge is -2.26. The molecule has 8 heteroatoms. The maximum absolute atomic E-state index is 12.3. The summed E-state index contributed by atoms with van der Waals surface area (Å²) < 4.78 is 11.2. The molecule has 2 heterocycles. The lowest BCUT2D eigenvalue weighted by Crippen LogP contribution is -2.41. The number of nitrogens with zero attached hydrogens (tertiary/aromatic N) is 3. The van der Waals surface area contributed by atoms with E-state index in [0.29, 0.717) is 32.8 Å². The number of methoxy groups -OCH3 is 1. The van der Waals surface area contributed by atoms with Gasteiger partial charge >= 0.3 is 6.03 Å². The summed E-state index contributed by atoms with van der Waals surface area (Å²) in [6, 6.07) is 22.0. The van der Waals surface area contributed by atoms with E-state index in [2.05, 4.69) is 43.6 Å². The minimum absolute atomic E-state index is 0.177. The molecule has 8 nitrogen and oxygen atoms in total. The molecule has 3 aromatic rings. The molecule has 1 saturated heterocycles. The molecule has 0 aliphatic carbocycles. The molecule has 1 aliphatic rings. The van der Waals surface area contributed by atoms with E-state index in [1.54, 1.807) is 13.3 Å². The number of piperidine rings is 1. The minimum Gasteiger partial charge on any atom is -0.497 e. The Balaban J connectivity index is 1.14. The first-order chi connectivity index (χ1) is 19.2. The van der Waals surface area contributed by atoms with Crippen molar-refractivity contribution in [2.45, 2.75) is 38.8 Å². The number of hydrogen-bond donors (Lipinski definition) is 2. The number of aromatic nitrogens is 1. The number of likely N-dealkylation sites (tertiary alicyclic amines) is 1. The molecule has 0 bridgehead atoms. The Labute approximate surface area is 232 Å². The van der Waals surface area contributed by atoms with Crippen LogP contribution in [0, 0.1) is 0 Å². The molecule has 0 atom stereocenters. The molecule has 208 valence electrons. The normalized spacial score (nSPS) is 13.5. The van der Waals surface area contributed by atoms with Gasteiger partial charge in [0.25, 0.3) is 0 Å². The highest BCUT2D eigenvalue weighted by Gasteiger charge is 2.11. The van der Waals surface area contributed by atoms with E-state index in [1.807, 2.05) is 48.5 Å². The Morgan fingerprint density at radius 3 is 2.51 bits per heavy atom. The van der Waals surface area contributed by atoms with E-state index < -0.39 is 0 Å². The zero-order valence-corrected chi connectivity index (χ0v) is 23.0. The van der Waals surface area contributed by atoms with Crippen LogP contribution >= 0.6 is 0 Å². The van der Waals surface area contributed by atoms with E-state index >= 15 is 0 Å². The highest BCUT2D eigenvalue weighted by molar-refractivity contribution is 5.73. The molecule has 0 radical (unpaired) electrons. The first-order valence-corrected chi connectivity index (χ1v) is 13.9. The van der Waals surface area contributed by atoms with Crippen molar-refractivity contribution in [2.24, 2.45) is 0 Å². The maximum Gasteiger partial charge on any atom is 0.314 e. The molecular formula is C31H41N5O3. The summed E-state index contributed by atoms with van der Waals surface area (Å²) in [7, 11) is 1.66. The number of nitrogens with one attached hydrogen (secondary N) is 2. The van der Waals surface area contributed by atoms with Crippen molar-refractivity contribution in [3.8, 4) is 11.5 Å². The van der Waals surface area contributed by atoms with E-state index in [1.165, 1.54) is 37.9 Å². The van der Waals surface area contributed by atoms with Crippen molar-refractivity contribution in [3.05, 3.63) is 84.1 Å². The van der Waals surface area contributed by atoms with Crippen molar-refractivity contribution >= 4 is 11.8 Å². The van der Waals surface area contributed by atoms with Crippen LogP contribution in [0.2, 0.25) is 0 Å². The number of benzene rings is 2. The van der Waals surface area contributed by atoms with Gasteiger partial charge in [0.05, 0.1) is 13.7 Å². The van der Waals surface area contributed by atoms with Crippen LogP contribution in [0.1, 0.15) is 36.8 Å². The predicted octanol–water partition coefficient (Wildman–Crippen LogP) is 4.85. The topological polar surface area (TPSA) is 79.0 Å². The number of urea groups is 1. The number of ether oxygens (including phenoxy) is 2. The summed E-state index contributed by atoms with van der Waals surface area (Å²) in [5.41, 5.74) is 2.43. The third-order valence-corrected chi connectivity index (χ3v) is 6.80. The second-order valence-electron chi connectivity index (χ2n) is 9.83. The number of pyridine rings is 1. The lowest BCUT2D eigenvalue weighted by atomic mass is 10.1. The van der Waals surface area contributed by atoms with Gasteiger partial charge in [0.1, 0.15) is 17.3 Å². The second-order valence-corrected chi connectivity index (χ2v) is 9.83. The van der Waals surface area contributed by atoms with Gasteiger partial charge in [-0.05, 0) is 79.9 Å². The quantitative estimate of drug-likeness (QED) is 0.290. The average Bonchev–Trinajstić information content (AvgIpc) is 2.98. The number of carbonyl (C=O) groups excluding carboxylic acids is 1. The predicted molar refractivity (Wildman–Crippen MR) is 155 cm³/mol. The molecule has 39 heavy (non-hydrogen) atoms. The van der Waals surface area contributed by atoms with Crippen LogP contribution in [-0.2, 0) is 13.1 Å². The molecule has 2 aromatic carbocycles. The van der Waals surface area contributed by atoms with Crippen LogP contribution in [0.4, 0.5) is 10.6 Å². The first-order valence-electron chi connectivity index (χ1n) is 13.9. The Morgan fingerprint density at radius 2 is 1.74 bits per heavy atom. The van der Waals surface area contributed by atoms with E-state index in [0.717, 1.165) is 35.8 Å². The fourth-order valence-electron chi connectivity index (χ4n) is 4.71. The number of rotatable bonds is 14. The Hall–Kier alpha value is -3.78. The van der Waals surface area contributed by atoms with Crippen molar-refractivity contribution in [2.75, 3.05) is 51.3 Å². The molecule has 1 fully saturated rings. The molecule has 4 rings (SSSR count). The molecule has 2 amide bonds. The molecule has 1 aromatic heterocycles. The molecule has 0 spiro atoms. The molecular weight excluding hydrogens is 490 g/mol. The molecule has 1 aliphatic heterocycles. The van der Waals surface area contributed by atoms with Crippen LogP contribution < -0.4 is 25.0 Å². The Morgan fingerprint density at radius 1 is 0.923 bits per heavy atom. The fraction of sp³-hybridized carbons (Fsp3) is 0.419. The second kappa shape index (κ2) is 15.6. The number of amides is 2. The number of anilines is 1. The van der Waals surface area contributed by atoms with Gasteiger partial charge in [-0.2, -0.15) is 0 Å². The third kappa shape index (κ3) is 9.80. The summed E-state index contributed by atoms with van der Waals surface area (Å²) >= 11 is 0. The number of hydrogen-bond acceptors (Lipinski definition) is 6. The van der Waals surface area contributed by atoms with Gasteiger partial charge in [-0.1, -0.05) is 36.8 Å². The summed E-state index contributed by atoms with van der Waals surface area (Å²) in [6.07, 6.45) is 6.45. The summed E-state index contributed by atoms with van der Waals surface area (Å²) in [5, 5.41) is 5.88. The third-order valence-electron chi connectivity index (χ3n) is 6.80. The highest BCUT2D eigenvalue weighted by atomic mass is 16.5. The van der Waals surface area contributed by atoms with Crippen LogP contribution in [-0.4, -0.2) is 62.4 Å². The maximum atomic E-state index is 12.3. The Kier molecular flexibility index (Phi) is 11.3. The van der Waals surface area contributed by atoms with Crippen LogP contribution in [0.25, 0.3) is 0 Å². The SMILES string of the molecule is COc1ccc(CN(CCNC(=O)NCCCOc2cccc(CN3CCCCC3)c2)c2ccccn2)cc1. The summed E-state index contributed by atoms with van der Waals surface area (Å²) in [6.45, 7) is 6.27. The zero-order valence-electron chi connectivity index (χ0n) is 23.0. The molecule has 2 N–H and O–H groups in total. The van der Waals surface area contributed by atoms with Gasteiger partial charge in [0, 0.05) is 38.9 Å². The largest absolute Gasteiger partial charge is 0.497 e. The lowest BCUT2D eigenvalue weighted by molar-refractivity contribution is 0.220. The van der Waals surface area contributed by atoms with Crippen LogP contribution in [0.3, 0.4) is 0 Å².